The molecule has 4 rings (SSSR count). The van der Waals surface area contributed by atoms with Crippen LogP contribution in [0.2, 0.25) is 0 Å². The average molecular weight is 268 g/mol. The lowest BCUT2D eigenvalue weighted by atomic mass is 10.1. The van der Waals surface area contributed by atoms with Crippen LogP contribution in [0.3, 0.4) is 0 Å². The van der Waals surface area contributed by atoms with E-state index in [0.717, 1.165) is 22.3 Å². The SMILES string of the molecule is c1coc(-c2cnc3[nH]ccc3c2NC2CCCC2)n1. The number of aromatic nitrogens is 3. The van der Waals surface area contributed by atoms with Crippen LogP contribution in [0.4, 0.5) is 5.69 Å². The lowest BCUT2D eigenvalue weighted by Crippen LogP contribution is -2.15. The summed E-state index contributed by atoms with van der Waals surface area (Å²) in [5.74, 6) is 0.612. The molecule has 102 valence electrons. The van der Waals surface area contributed by atoms with Crippen LogP contribution in [0.1, 0.15) is 25.7 Å². The van der Waals surface area contributed by atoms with E-state index in [9.17, 15) is 0 Å². The third kappa shape index (κ3) is 1.86. The number of rotatable bonds is 3. The molecule has 0 spiro atoms. The van der Waals surface area contributed by atoms with Crippen LogP contribution >= 0.6 is 0 Å². The van der Waals surface area contributed by atoms with Crippen molar-refractivity contribution in [1.29, 1.82) is 0 Å². The van der Waals surface area contributed by atoms with Gasteiger partial charge >= 0.3 is 0 Å². The van der Waals surface area contributed by atoms with Crippen LogP contribution in [-0.2, 0) is 0 Å². The Bertz CT molecular complexity index is 711. The molecule has 2 N–H and O–H groups in total. The molecule has 1 saturated carbocycles. The molecular weight excluding hydrogens is 252 g/mol. The Morgan fingerprint density at radius 3 is 2.95 bits per heavy atom. The van der Waals surface area contributed by atoms with Gasteiger partial charge in [0.25, 0.3) is 0 Å². The Morgan fingerprint density at radius 1 is 1.25 bits per heavy atom. The normalized spacial score (nSPS) is 16.0. The van der Waals surface area contributed by atoms with E-state index in [2.05, 4.69) is 20.3 Å². The number of nitrogens with one attached hydrogen (secondary N) is 2. The minimum atomic E-state index is 0.532. The van der Waals surface area contributed by atoms with Crippen molar-refractivity contribution in [2.45, 2.75) is 31.7 Å². The maximum Gasteiger partial charge on any atom is 0.229 e. The van der Waals surface area contributed by atoms with Crippen LogP contribution in [0.15, 0.2) is 35.3 Å². The van der Waals surface area contributed by atoms with Gasteiger partial charge in [-0.15, -0.1) is 0 Å². The summed E-state index contributed by atoms with van der Waals surface area (Å²) in [6, 6.07) is 2.58. The van der Waals surface area contributed by atoms with E-state index in [0.29, 0.717) is 11.9 Å². The molecule has 3 heterocycles. The van der Waals surface area contributed by atoms with Crippen molar-refractivity contribution in [3.05, 3.63) is 30.9 Å². The van der Waals surface area contributed by atoms with Crippen LogP contribution in [0, 0.1) is 0 Å². The zero-order valence-corrected chi connectivity index (χ0v) is 11.1. The number of hydrogen-bond acceptors (Lipinski definition) is 4. The third-order valence-corrected chi connectivity index (χ3v) is 3.95. The van der Waals surface area contributed by atoms with E-state index < -0.39 is 0 Å². The minimum Gasteiger partial charge on any atom is -0.444 e. The van der Waals surface area contributed by atoms with Gasteiger partial charge in [0.05, 0.1) is 17.4 Å². The molecular formula is C15H16N4O. The second kappa shape index (κ2) is 4.67. The topological polar surface area (TPSA) is 66.7 Å². The zero-order valence-electron chi connectivity index (χ0n) is 11.1. The Balaban J connectivity index is 1.84. The van der Waals surface area contributed by atoms with Crippen molar-refractivity contribution in [1.82, 2.24) is 15.0 Å². The highest BCUT2D eigenvalue weighted by Gasteiger charge is 2.20. The fourth-order valence-electron chi connectivity index (χ4n) is 2.96. The van der Waals surface area contributed by atoms with Crippen LogP contribution in [0.5, 0.6) is 0 Å². The predicted molar refractivity (Wildman–Crippen MR) is 77.5 cm³/mol. The highest BCUT2D eigenvalue weighted by Crippen LogP contribution is 2.34. The maximum absolute atomic E-state index is 5.45. The standard InChI is InChI=1S/C15H16N4O/c1-2-4-10(3-1)19-13-11-5-6-16-14(11)18-9-12(13)15-17-7-8-20-15/h5-10H,1-4H2,(H2,16,18,19). The molecule has 0 amide bonds. The molecule has 0 radical (unpaired) electrons. The average Bonchev–Trinajstić information content (AvgIpc) is 3.21. The first-order valence-corrected chi connectivity index (χ1v) is 7.04. The van der Waals surface area contributed by atoms with Crippen molar-refractivity contribution in [3.63, 3.8) is 0 Å². The van der Waals surface area contributed by atoms with E-state index in [-0.39, 0.29) is 0 Å². The van der Waals surface area contributed by atoms with Crippen LogP contribution in [0.25, 0.3) is 22.5 Å². The van der Waals surface area contributed by atoms with Crippen molar-refractivity contribution >= 4 is 16.7 Å². The van der Waals surface area contributed by atoms with Gasteiger partial charge in [-0.25, -0.2) is 9.97 Å². The molecule has 3 aromatic rings. The second-order valence-electron chi connectivity index (χ2n) is 5.25. The first kappa shape index (κ1) is 11.5. The fraction of sp³-hybridized carbons (Fsp3) is 0.333. The number of fused-ring (bicyclic) bond motifs is 1. The van der Waals surface area contributed by atoms with Gasteiger partial charge in [0, 0.05) is 23.8 Å². The van der Waals surface area contributed by atoms with Crippen LogP contribution in [-0.4, -0.2) is 21.0 Å². The fourth-order valence-corrected chi connectivity index (χ4v) is 2.96. The Morgan fingerprint density at radius 2 is 2.15 bits per heavy atom. The van der Waals surface area contributed by atoms with Crippen molar-refractivity contribution < 1.29 is 4.42 Å². The number of nitrogens with zero attached hydrogens (tertiary/aromatic N) is 2. The lowest BCUT2D eigenvalue weighted by molar-refractivity contribution is 0.574. The minimum absolute atomic E-state index is 0.532. The Kier molecular flexibility index (Phi) is 2.69. The number of oxazole rings is 1. The largest absolute Gasteiger partial charge is 0.444 e. The summed E-state index contributed by atoms with van der Waals surface area (Å²) < 4.78 is 5.45. The molecule has 1 fully saturated rings. The van der Waals surface area contributed by atoms with Gasteiger partial charge in [-0.3, -0.25) is 0 Å². The molecule has 20 heavy (non-hydrogen) atoms. The van der Waals surface area contributed by atoms with Gasteiger partial charge in [-0.1, -0.05) is 12.8 Å². The van der Waals surface area contributed by atoms with E-state index in [1.54, 1.807) is 12.5 Å². The van der Waals surface area contributed by atoms with Gasteiger partial charge < -0.3 is 14.7 Å². The number of H-pyrrole nitrogens is 1. The van der Waals surface area contributed by atoms with Crippen molar-refractivity contribution in [3.8, 4) is 11.5 Å². The molecule has 0 unspecified atom stereocenters. The Hall–Kier alpha value is -2.30. The molecule has 0 aliphatic heterocycles. The molecule has 1 aliphatic carbocycles. The van der Waals surface area contributed by atoms with E-state index in [1.165, 1.54) is 25.7 Å². The van der Waals surface area contributed by atoms with Crippen LogP contribution < -0.4 is 5.32 Å². The summed E-state index contributed by atoms with van der Waals surface area (Å²) in [7, 11) is 0. The summed E-state index contributed by atoms with van der Waals surface area (Å²) in [6.45, 7) is 0. The summed E-state index contributed by atoms with van der Waals surface area (Å²) in [5.41, 5.74) is 2.89. The molecule has 0 bridgehead atoms. The number of pyridine rings is 1. The first-order valence-electron chi connectivity index (χ1n) is 7.04. The quantitative estimate of drug-likeness (QED) is 0.762. The lowest BCUT2D eigenvalue weighted by Gasteiger charge is -2.16. The second-order valence-corrected chi connectivity index (χ2v) is 5.25. The third-order valence-electron chi connectivity index (χ3n) is 3.95. The maximum atomic E-state index is 5.45. The monoisotopic (exact) mass is 268 g/mol. The van der Waals surface area contributed by atoms with Gasteiger partial charge in [0.15, 0.2) is 0 Å². The van der Waals surface area contributed by atoms with E-state index >= 15 is 0 Å². The van der Waals surface area contributed by atoms with Gasteiger partial charge in [-0.05, 0) is 18.9 Å². The molecule has 3 aromatic heterocycles. The summed E-state index contributed by atoms with van der Waals surface area (Å²) >= 11 is 0. The molecule has 0 saturated heterocycles. The van der Waals surface area contributed by atoms with Gasteiger partial charge in [-0.2, -0.15) is 0 Å². The molecule has 0 aromatic carbocycles. The van der Waals surface area contributed by atoms with Gasteiger partial charge in [0.1, 0.15) is 11.9 Å². The highest BCUT2D eigenvalue weighted by molar-refractivity contribution is 5.96. The van der Waals surface area contributed by atoms with Crippen molar-refractivity contribution in [2.75, 3.05) is 5.32 Å². The summed E-state index contributed by atoms with van der Waals surface area (Å²) in [5, 5.41) is 4.76. The molecule has 0 atom stereocenters. The predicted octanol–water partition coefficient (Wildman–Crippen LogP) is 3.57. The van der Waals surface area contributed by atoms with E-state index in [4.69, 9.17) is 4.42 Å². The summed E-state index contributed by atoms with van der Waals surface area (Å²) in [6.07, 6.45) is 12.0. The zero-order chi connectivity index (χ0) is 13.4. The smallest absolute Gasteiger partial charge is 0.229 e. The first-order chi connectivity index (χ1) is 9.92. The number of hydrogen-bond donors (Lipinski definition) is 2. The van der Waals surface area contributed by atoms with Gasteiger partial charge in [0.2, 0.25) is 5.89 Å². The highest BCUT2D eigenvalue weighted by atomic mass is 16.3. The molecule has 1 aliphatic rings. The number of anilines is 1. The van der Waals surface area contributed by atoms with E-state index in [1.807, 2.05) is 18.5 Å². The van der Waals surface area contributed by atoms with Crippen molar-refractivity contribution in [2.24, 2.45) is 0 Å². The summed E-state index contributed by atoms with van der Waals surface area (Å²) in [4.78, 5) is 11.8. The molecule has 5 heteroatoms. The Labute approximate surface area is 116 Å². The number of aromatic amines is 1. The molecule has 5 nitrogen and oxygen atoms in total.